The number of hydrogen-bond donors (Lipinski definition) is 1. The molecule has 0 heterocycles. The maximum absolute atomic E-state index is 14.1. The molecule has 0 aliphatic heterocycles. The Balaban J connectivity index is 2.49. The lowest BCUT2D eigenvalue weighted by molar-refractivity contribution is 0.558. The minimum absolute atomic E-state index is 0.259. The lowest BCUT2D eigenvalue weighted by Gasteiger charge is -2.20. The summed E-state index contributed by atoms with van der Waals surface area (Å²) >= 11 is 15.4. The van der Waals surface area contributed by atoms with E-state index in [9.17, 15) is 4.39 Å². The second kappa shape index (κ2) is 6.90. The topological polar surface area (TPSA) is 12.0 Å². The molecule has 1 atom stereocenters. The van der Waals surface area contributed by atoms with E-state index < -0.39 is 0 Å². The lowest BCUT2D eigenvalue weighted by atomic mass is 9.98. The number of hydrogen-bond acceptors (Lipinski definition) is 1. The molecule has 1 N–H and O–H groups in total. The molecule has 0 fully saturated rings. The molecule has 1 unspecified atom stereocenters. The normalized spacial score (nSPS) is 12.4. The van der Waals surface area contributed by atoms with E-state index in [1.54, 1.807) is 24.3 Å². The van der Waals surface area contributed by atoms with Gasteiger partial charge in [-0.3, -0.25) is 0 Å². The van der Waals surface area contributed by atoms with Crippen LogP contribution in [0.2, 0.25) is 10.0 Å². The Morgan fingerprint density at radius 1 is 1.15 bits per heavy atom. The van der Waals surface area contributed by atoms with E-state index in [4.69, 9.17) is 23.2 Å². The van der Waals surface area contributed by atoms with Gasteiger partial charge in [0.15, 0.2) is 0 Å². The van der Waals surface area contributed by atoms with E-state index in [-0.39, 0.29) is 11.9 Å². The predicted molar refractivity (Wildman–Crippen MR) is 86.1 cm³/mol. The van der Waals surface area contributed by atoms with E-state index in [1.165, 1.54) is 6.07 Å². The van der Waals surface area contributed by atoms with Crippen LogP contribution in [-0.2, 0) is 0 Å². The number of halogens is 4. The Morgan fingerprint density at radius 2 is 1.90 bits per heavy atom. The molecule has 0 saturated heterocycles. The van der Waals surface area contributed by atoms with Crippen molar-refractivity contribution < 1.29 is 4.39 Å². The Kier molecular flexibility index (Phi) is 5.44. The molecule has 0 aromatic heterocycles. The average Bonchev–Trinajstić information content (AvgIpc) is 2.42. The predicted octanol–water partition coefficient (Wildman–Crippen LogP) is 5.59. The molecule has 0 saturated carbocycles. The van der Waals surface area contributed by atoms with Gasteiger partial charge in [0.1, 0.15) is 5.82 Å². The highest BCUT2D eigenvalue weighted by Gasteiger charge is 2.18. The van der Waals surface area contributed by atoms with Gasteiger partial charge in [-0.1, -0.05) is 52.1 Å². The molecule has 0 bridgehead atoms. The van der Waals surface area contributed by atoms with Crippen molar-refractivity contribution in [3.05, 3.63) is 67.9 Å². The van der Waals surface area contributed by atoms with Crippen molar-refractivity contribution in [2.24, 2.45) is 0 Å². The van der Waals surface area contributed by atoms with Gasteiger partial charge < -0.3 is 5.32 Å². The summed E-state index contributed by atoms with van der Waals surface area (Å²) in [6.07, 6.45) is 0. The zero-order chi connectivity index (χ0) is 14.7. The summed E-state index contributed by atoms with van der Waals surface area (Å²) in [7, 11) is 0. The highest BCUT2D eigenvalue weighted by Crippen LogP contribution is 2.31. The molecule has 0 amide bonds. The molecule has 1 nitrogen and oxygen atoms in total. The number of nitrogens with one attached hydrogen (secondary N) is 1. The molecule has 2 rings (SSSR count). The maximum Gasteiger partial charge on any atom is 0.128 e. The van der Waals surface area contributed by atoms with E-state index in [2.05, 4.69) is 21.2 Å². The first-order valence-electron chi connectivity index (χ1n) is 6.16. The minimum atomic E-state index is -0.271. The monoisotopic (exact) mass is 375 g/mol. The van der Waals surface area contributed by atoms with E-state index in [0.717, 1.165) is 10.0 Å². The van der Waals surface area contributed by atoms with Gasteiger partial charge in [-0.2, -0.15) is 0 Å². The Hall–Kier alpha value is -0.610. The van der Waals surface area contributed by atoms with Crippen molar-refractivity contribution in [2.45, 2.75) is 13.0 Å². The van der Waals surface area contributed by atoms with E-state index >= 15 is 0 Å². The van der Waals surface area contributed by atoms with Crippen LogP contribution in [0, 0.1) is 5.82 Å². The van der Waals surface area contributed by atoms with Crippen LogP contribution in [0.4, 0.5) is 4.39 Å². The van der Waals surface area contributed by atoms with Gasteiger partial charge in [-0.25, -0.2) is 4.39 Å². The highest BCUT2D eigenvalue weighted by atomic mass is 79.9. The fourth-order valence-corrected chi connectivity index (χ4v) is 2.72. The van der Waals surface area contributed by atoms with Crippen molar-refractivity contribution >= 4 is 39.1 Å². The van der Waals surface area contributed by atoms with Crippen LogP contribution >= 0.6 is 39.1 Å². The fourth-order valence-electron chi connectivity index (χ4n) is 2.04. The van der Waals surface area contributed by atoms with Gasteiger partial charge in [0.25, 0.3) is 0 Å². The number of benzene rings is 2. The molecular formula is C15H13BrCl2FN. The summed E-state index contributed by atoms with van der Waals surface area (Å²) in [5, 5.41) is 4.21. The molecule has 0 aliphatic carbocycles. The van der Waals surface area contributed by atoms with Crippen LogP contribution in [0.5, 0.6) is 0 Å². The summed E-state index contributed by atoms with van der Waals surface area (Å²) < 4.78 is 14.9. The summed E-state index contributed by atoms with van der Waals surface area (Å²) in [6.45, 7) is 2.68. The molecule has 0 aliphatic rings. The zero-order valence-corrected chi connectivity index (χ0v) is 13.9. The quantitative estimate of drug-likeness (QED) is 0.732. The van der Waals surface area contributed by atoms with Crippen LogP contribution in [0.15, 0.2) is 40.9 Å². The van der Waals surface area contributed by atoms with E-state index in [1.807, 2.05) is 13.0 Å². The van der Waals surface area contributed by atoms with Gasteiger partial charge >= 0.3 is 0 Å². The van der Waals surface area contributed by atoms with Crippen LogP contribution in [-0.4, -0.2) is 6.54 Å². The molecule has 2 aromatic carbocycles. The summed E-state index contributed by atoms with van der Waals surface area (Å²) in [5.41, 5.74) is 1.44. The van der Waals surface area contributed by atoms with Crippen molar-refractivity contribution in [1.29, 1.82) is 0 Å². The van der Waals surface area contributed by atoms with Crippen LogP contribution in [0.25, 0.3) is 0 Å². The molecule has 0 spiro atoms. The second-order valence-electron chi connectivity index (χ2n) is 4.33. The Bertz CT molecular complexity index is 619. The third-order valence-electron chi connectivity index (χ3n) is 2.95. The van der Waals surface area contributed by atoms with E-state index in [0.29, 0.717) is 22.2 Å². The summed E-state index contributed by atoms with van der Waals surface area (Å²) in [4.78, 5) is 0. The molecule has 0 radical (unpaired) electrons. The Morgan fingerprint density at radius 3 is 2.55 bits per heavy atom. The van der Waals surface area contributed by atoms with Crippen molar-refractivity contribution in [2.75, 3.05) is 6.54 Å². The van der Waals surface area contributed by atoms with Crippen LogP contribution < -0.4 is 5.32 Å². The maximum atomic E-state index is 14.1. The van der Waals surface area contributed by atoms with Gasteiger partial charge in [0.2, 0.25) is 0 Å². The molecule has 106 valence electrons. The van der Waals surface area contributed by atoms with Gasteiger partial charge in [-0.15, -0.1) is 0 Å². The number of rotatable bonds is 4. The third kappa shape index (κ3) is 3.53. The van der Waals surface area contributed by atoms with Crippen LogP contribution in [0.3, 0.4) is 0 Å². The average molecular weight is 377 g/mol. The van der Waals surface area contributed by atoms with Crippen molar-refractivity contribution in [1.82, 2.24) is 5.32 Å². The first kappa shape index (κ1) is 15.8. The molecule has 20 heavy (non-hydrogen) atoms. The zero-order valence-electron chi connectivity index (χ0n) is 10.8. The molecular weight excluding hydrogens is 364 g/mol. The first-order chi connectivity index (χ1) is 9.52. The van der Waals surface area contributed by atoms with Gasteiger partial charge in [0, 0.05) is 10.0 Å². The second-order valence-corrected chi connectivity index (χ2v) is 6.06. The van der Waals surface area contributed by atoms with Gasteiger partial charge in [0.05, 0.1) is 16.1 Å². The fraction of sp³-hybridized carbons (Fsp3) is 0.200. The molecule has 2 aromatic rings. The largest absolute Gasteiger partial charge is 0.306 e. The lowest BCUT2D eigenvalue weighted by Crippen LogP contribution is -2.23. The SMILES string of the molecule is CCNC(c1ccc(Cl)c(Cl)c1)c1cc(Br)ccc1F. The summed E-state index contributed by atoms with van der Waals surface area (Å²) in [6, 6.07) is 9.95. The Labute approximate surface area is 136 Å². The van der Waals surface area contributed by atoms with Crippen molar-refractivity contribution in [3.63, 3.8) is 0 Å². The minimum Gasteiger partial charge on any atom is -0.306 e. The standard InChI is InChI=1S/C15H13BrCl2FN/c1-2-20-15(9-3-5-12(17)13(18)7-9)11-8-10(16)4-6-14(11)19/h3-8,15,20H,2H2,1H3. The van der Waals surface area contributed by atoms with Crippen molar-refractivity contribution in [3.8, 4) is 0 Å². The van der Waals surface area contributed by atoms with Gasteiger partial charge in [-0.05, 0) is 42.4 Å². The molecule has 5 heteroatoms. The summed E-state index contributed by atoms with van der Waals surface area (Å²) in [5.74, 6) is -0.259. The third-order valence-corrected chi connectivity index (χ3v) is 4.19. The highest BCUT2D eigenvalue weighted by molar-refractivity contribution is 9.10. The van der Waals surface area contributed by atoms with Crippen LogP contribution in [0.1, 0.15) is 24.1 Å². The smallest absolute Gasteiger partial charge is 0.128 e. The first-order valence-corrected chi connectivity index (χ1v) is 7.71.